The van der Waals surface area contributed by atoms with E-state index in [0.717, 1.165) is 46.7 Å². The first kappa shape index (κ1) is 23.6. The maximum atomic E-state index is 12.8. The van der Waals surface area contributed by atoms with Crippen molar-refractivity contribution in [1.82, 2.24) is 14.9 Å². The molecule has 1 N–H and O–H groups in total. The number of nitrogens with zero attached hydrogens (tertiary/aromatic N) is 2. The molecule has 34 heavy (non-hydrogen) atoms. The molecule has 0 fully saturated rings. The molecule has 176 valence electrons. The highest BCUT2D eigenvalue weighted by molar-refractivity contribution is 5.95. The van der Waals surface area contributed by atoms with Gasteiger partial charge in [-0.15, -0.1) is 0 Å². The zero-order valence-electron chi connectivity index (χ0n) is 20.5. The number of ether oxygens (including phenoxy) is 1. The van der Waals surface area contributed by atoms with Gasteiger partial charge in [0.25, 0.3) is 5.91 Å². The van der Waals surface area contributed by atoms with E-state index >= 15 is 0 Å². The molecule has 1 heterocycles. The van der Waals surface area contributed by atoms with E-state index in [0.29, 0.717) is 24.6 Å². The predicted octanol–water partition coefficient (Wildman–Crippen LogP) is 6.18. The predicted molar refractivity (Wildman–Crippen MR) is 137 cm³/mol. The second kappa shape index (κ2) is 10.6. The van der Waals surface area contributed by atoms with E-state index in [1.165, 1.54) is 5.56 Å². The Labute approximate surface area is 201 Å². The van der Waals surface area contributed by atoms with Crippen molar-refractivity contribution in [2.24, 2.45) is 0 Å². The fraction of sp³-hybridized carbons (Fsp3) is 0.310. The van der Waals surface area contributed by atoms with Gasteiger partial charge in [-0.05, 0) is 61.6 Å². The lowest BCUT2D eigenvalue weighted by atomic mass is 10.0. The third-order valence-corrected chi connectivity index (χ3v) is 6.09. The second-order valence-electron chi connectivity index (χ2n) is 9.06. The van der Waals surface area contributed by atoms with Gasteiger partial charge in [-0.2, -0.15) is 0 Å². The molecule has 5 nitrogen and oxygen atoms in total. The van der Waals surface area contributed by atoms with Crippen LogP contribution in [0.4, 0.5) is 0 Å². The lowest BCUT2D eigenvalue weighted by Crippen LogP contribution is -2.25. The molecule has 0 bridgehead atoms. The normalized spacial score (nSPS) is 11.2. The number of aromatic nitrogens is 2. The molecule has 0 spiro atoms. The van der Waals surface area contributed by atoms with Crippen molar-refractivity contribution < 1.29 is 9.53 Å². The standard InChI is InChI=1S/C29H33N3O2/c1-20(2)23-10-5-8-13-27(23)34-17-9-16-32-26-12-7-6-11-25(26)31-28(32)19-30-29(33)24-15-14-21(3)18-22(24)4/h5-8,10-15,18,20H,9,16-17,19H2,1-4H3,(H,30,33). The summed E-state index contributed by atoms with van der Waals surface area (Å²) in [5, 5.41) is 3.06. The van der Waals surface area contributed by atoms with Gasteiger partial charge in [0.05, 0.1) is 24.2 Å². The molecule has 3 aromatic carbocycles. The number of aryl methyl sites for hydroxylation is 3. The first-order valence-corrected chi connectivity index (χ1v) is 12.0. The summed E-state index contributed by atoms with van der Waals surface area (Å²) >= 11 is 0. The van der Waals surface area contributed by atoms with Crippen LogP contribution in [0.3, 0.4) is 0 Å². The van der Waals surface area contributed by atoms with Crippen LogP contribution in [0.1, 0.15) is 59.1 Å². The lowest BCUT2D eigenvalue weighted by Gasteiger charge is -2.15. The largest absolute Gasteiger partial charge is 0.493 e. The minimum absolute atomic E-state index is 0.0790. The van der Waals surface area contributed by atoms with Gasteiger partial charge in [0, 0.05) is 12.1 Å². The number of amides is 1. The van der Waals surface area contributed by atoms with Crippen LogP contribution in [0, 0.1) is 13.8 Å². The summed E-state index contributed by atoms with van der Waals surface area (Å²) < 4.78 is 8.31. The molecule has 5 heteroatoms. The Kier molecular flexibility index (Phi) is 7.31. The molecule has 1 amide bonds. The fourth-order valence-corrected chi connectivity index (χ4v) is 4.33. The van der Waals surface area contributed by atoms with Gasteiger partial charge < -0.3 is 14.6 Å². The van der Waals surface area contributed by atoms with Gasteiger partial charge in [-0.25, -0.2) is 4.98 Å². The number of para-hydroxylation sites is 3. The Hall–Kier alpha value is -3.60. The number of hydrogen-bond donors (Lipinski definition) is 1. The third kappa shape index (κ3) is 5.30. The van der Waals surface area contributed by atoms with E-state index in [1.54, 1.807) is 0 Å². The molecule has 1 aromatic heterocycles. The van der Waals surface area contributed by atoms with E-state index in [9.17, 15) is 4.79 Å². The highest BCUT2D eigenvalue weighted by Gasteiger charge is 2.14. The monoisotopic (exact) mass is 455 g/mol. The molecule has 0 unspecified atom stereocenters. The van der Waals surface area contributed by atoms with Gasteiger partial charge in [0.1, 0.15) is 11.6 Å². The molecular weight excluding hydrogens is 422 g/mol. The SMILES string of the molecule is Cc1ccc(C(=O)NCc2nc3ccccc3n2CCCOc2ccccc2C(C)C)c(C)c1. The van der Waals surface area contributed by atoms with Crippen molar-refractivity contribution in [2.45, 2.75) is 53.1 Å². The maximum Gasteiger partial charge on any atom is 0.251 e. The average Bonchev–Trinajstić information content (AvgIpc) is 3.18. The second-order valence-corrected chi connectivity index (χ2v) is 9.06. The number of carbonyl (C=O) groups excluding carboxylic acids is 1. The zero-order valence-corrected chi connectivity index (χ0v) is 20.5. The van der Waals surface area contributed by atoms with Crippen molar-refractivity contribution in [2.75, 3.05) is 6.61 Å². The molecule has 0 saturated heterocycles. The molecule has 0 atom stereocenters. The summed E-state index contributed by atoms with van der Waals surface area (Å²) in [6.07, 6.45) is 0.838. The fourth-order valence-electron chi connectivity index (χ4n) is 4.33. The number of carbonyl (C=O) groups is 1. The number of rotatable bonds is 9. The van der Waals surface area contributed by atoms with Crippen molar-refractivity contribution in [3.05, 3.63) is 94.8 Å². The summed E-state index contributed by atoms with van der Waals surface area (Å²) in [7, 11) is 0. The summed E-state index contributed by atoms with van der Waals surface area (Å²) in [6.45, 7) is 10.1. The van der Waals surface area contributed by atoms with Crippen LogP contribution < -0.4 is 10.1 Å². The summed E-state index contributed by atoms with van der Waals surface area (Å²) in [4.78, 5) is 17.6. The van der Waals surface area contributed by atoms with Crippen LogP contribution in [0.15, 0.2) is 66.7 Å². The molecule has 4 rings (SSSR count). The van der Waals surface area contributed by atoms with Crippen molar-refractivity contribution in [3.8, 4) is 5.75 Å². The van der Waals surface area contributed by atoms with Gasteiger partial charge in [0.15, 0.2) is 0 Å². The van der Waals surface area contributed by atoms with Gasteiger partial charge in [-0.3, -0.25) is 4.79 Å². The highest BCUT2D eigenvalue weighted by atomic mass is 16.5. The zero-order chi connectivity index (χ0) is 24.1. The Bertz CT molecular complexity index is 1290. The van der Waals surface area contributed by atoms with Crippen molar-refractivity contribution in [1.29, 1.82) is 0 Å². The quantitative estimate of drug-likeness (QED) is 0.307. The molecule has 0 aliphatic rings. The number of imidazole rings is 1. The van der Waals surface area contributed by atoms with Gasteiger partial charge in [-0.1, -0.05) is 61.9 Å². The van der Waals surface area contributed by atoms with E-state index < -0.39 is 0 Å². The highest BCUT2D eigenvalue weighted by Crippen LogP contribution is 2.26. The summed E-state index contributed by atoms with van der Waals surface area (Å²) in [6, 6.07) is 22.2. The van der Waals surface area contributed by atoms with Crippen LogP contribution >= 0.6 is 0 Å². The van der Waals surface area contributed by atoms with Crippen LogP contribution in [0.5, 0.6) is 5.75 Å². The number of nitrogens with one attached hydrogen (secondary N) is 1. The molecule has 4 aromatic rings. The van der Waals surface area contributed by atoms with Crippen LogP contribution in [0.2, 0.25) is 0 Å². The topological polar surface area (TPSA) is 56.2 Å². The third-order valence-electron chi connectivity index (χ3n) is 6.09. The molecule has 0 aliphatic carbocycles. The Balaban J connectivity index is 1.44. The molecule has 0 saturated carbocycles. The Morgan fingerprint density at radius 3 is 2.59 bits per heavy atom. The summed E-state index contributed by atoms with van der Waals surface area (Å²) in [5.41, 5.74) is 6.06. The number of fused-ring (bicyclic) bond motifs is 1. The minimum atomic E-state index is -0.0790. The van der Waals surface area contributed by atoms with Crippen LogP contribution in [-0.4, -0.2) is 22.1 Å². The molecular formula is C29H33N3O2. The molecule has 0 aliphatic heterocycles. The van der Waals surface area contributed by atoms with Crippen molar-refractivity contribution >= 4 is 16.9 Å². The van der Waals surface area contributed by atoms with E-state index in [1.807, 2.05) is 62.4 Å². The van der Waals surface area contributed by atoms with Crippen LogP contribution in [-0.2, 0) is 13.1 Å². The Morgan fingerprint density at radius 1 is 1.03 bits per heavy atom. The lowest BCUT2D eigenvalue weighted by molar-refractivity contribution is 0.0949. The first-order chi connectivity index (χ1) is 16.4. The van der Waals surface area contributed by atoms with Gasteiger partial charge >= 0.3 is 0 Å². The van der Waals surface area contributed by atoms with Crippen LogP contribution in [0.25, 0.3) is 11.0 Å². The van der Waals surface area contributed by atoms with E-state index in [2.05, 4.69) is 41.9 Å². The summed E-state index contributed by atoms with van der Waals surface area (Å²) in [5.74, 6) is 2.14. The van der Waals surface area contributed by atoms with E-state index in [4.69, 9.17) is 9.72 Å². The van der Waals surface area contributed by atoms with E-state index in [-0.39, 0.29) is 5.91 Å². The first-order valence-electron chi connectivity index (χ1n) is 12.0. The average molecular weight is 456 g/mol. The Morgan fingerprint density at radius 2 is 1.79 bits per heavy atom. The molecule has 0 radical (unpaired) electrons. The smallest absolute Gasteiger partial charge is 0.251 e. The van der Waals surface area contributed by atoms with Gasteiger partial charge in [0.2, 0.25) is 0 Å². The maximum absolute atomic E-state index is 12.8. The minimum Gasteiger partial charge on any atom is -0.493 e. The number of benzene rings is 3. The number of hydrogen-bond acceptors (Lipinski definition) is 3. The van der Waals surface area contributed by atoms with Crippen molar-refractivity contribution in [3.63, 3.8) is 0 Å².